The molecule has 0 amide bonds. The molecule has 4 heteroatoms. The van der Waals surface area contributed by atoms with Crippen LogP contribution in [0, 0.1) is 22.7 Å². The minimum Gasteiger partial charge on any atom is -0.192 e. The van der Waals surface area contributed by atoms with Crippen molar-refractivity contribution in [2.75, 3.05) is 11.5 Å². The van der Waals surface area contributed by atoms with Crippen molar-refractivity contribution >= 4 is 23.5 Å². The molecule has 0 heterocycles. The van der Waals surface area contributed by atoms with Crippen LogP contribution in [0.4, 0.5) is 0 Å². The van der Waals surface area contributed by atoms with Crippen molar-refractivity contribution in [2.24, 2.45) is 0 Å². The van der Waals surface area contributed by atoms with Gasteiger partial charge in [-0.25, -0.2) is 0 Å². The minimum atomic E-state index is 0.622. The Hall–Kier alpha value is -0.580. The first-order valence-corrected chi connectivity index (χ1v) is 10.6. The molecule has 0 atom stereocenters. The largest absolute Gasteiger partial charge is 0.192 e. The van der Waals surface area contributed by atoms with Crippen LogP contribution in [0.15, 0.2) is 9.81 Å². The van der Waals surface area contributed by atoms with E-state index >= 15 is 0 Å². The maximum absolute atomic E-state index is 9.25. The summed E-state index contributed by atoms with van der Waals surface area (Å²) in [5.74, 6) is 1.91. The average molecular weight is 339 g/mol. The van der Waals surface area contributed by atoms with E-state index in [1.165, 1.54) is 51.4 Å². The van der Waals surface area contributed by atoms with Crippen LogP contribution in [-0.4, -0.2) is 11.5 Å². The van der Waals surface area contributed by atoms with Gasteiger partial charge in [0, 0.05) is 0 Å². The van der Waals surface area contributed by atoms with Gasteiger partial charge in [0.05, 0.1) is 0 Å². The molecule has 0 aliphatic rings. The van der Waals surface area contributed by atoms with Gasteiger partial charge in [-0.05, 0) is 24.3 Å². The third kappa shape index (κ3) is 12.0. The van der Waals surface area contributed by atoms with Crippen LogP contribution in [0.5, 0.6) is 0 Å². The highest BCUT2D eigenvalue weighted by molar-refractivity contribution is 8.07. The lowest BCUT2D eigenvalue weighted by Gasteiger charge is -2.04. The molecular formula is C18H30N2S2. The van der Waals surface area contributed by atoms with Crippen molar-refractivity contribution in [1.82, 2.24) is 0 Å². The second kappa shape index (κ2) is 16.8. The van der Waals surface area contributed by atoms with E-state index in [9.17, 15) is 10.5 Å². The fourth-order valence-electron chi connectivity index (χ4n) is 2.06. The molecule has 0 unspecified atom stereocenters. The van der Waals surface area contributed by atoms with Crippen molar-refractivity contribution in [3.8, 4) is 12.1 Å². The van der Waals surface area contributed by atoms with E-state index in [2.05, 4.69) is 26.0 Å². The SMILES string of the molecule is CCCCCCCS/C(C#N)=C(/C#N)SCCCCCCC. The van der Waals surface area contributed by atoms with Gasteiger partial charge in [-0.1, -0.05) is 65.2 Å². The van der Waals surface area contributed by atoms with Gasteiger partial charge in [-0.15, -0.1) is 23.5 Å². The lowest BCUT2D eigenvalue weighted by molar-refractivity contribution is 0.659. The Balaban J connectivity index is 4.01. The first-order valence-electron chi connectivity index (χ1n) is 8.60. The van der Waals surface area contributed by atoms with E-state index in [0.717, 1.165) is 24.3 Å². The van der Waals surface area contributed by atoms with Crippen molar-refractivity contribution in [3.63, 3.8) is 0 Å². The van der Waals surface area contributed by atoms with Crippen molar-refractivity contribution < 1.29 is 0 Å². The Labute approximate surface area is 145 Å². The van der Waals surface area contributed by atoms with Crippen LogP contribution in [0.3, 0.4) is 0 Å². The van der Waals surface area contributed by atoms with Gasteiger partial charge in [0.15, 0.2) is 0 Å². The quantitative estimate of drug-likeness (QED) is 0.263. The van der Waals surface area contributed by atoms with E-state index < -0.39 is 0 Å². The van der Waals surface area contributed by atoms with Gasteiger partial charge in [0.1, 0.15) is 21.9 Å². The lowest BCUT2D eigenvalue weighted by Crippen LogP contribution is -1.88. The maximum Gasteiger partial charge on any atom is 0.109 e. The summed E-state index contributed by atoms with van der Waals surface area (Å²) in [7, 11) is 0. The Morgan fingerprint density at radius 2 is 1.00 bits per heavy atom. The maximum atomic E-state index is 9.25. The molecule has 0 saturated carbocycles. The molecule has 0 fully saturated rings. The molecule has 0 saturated heterocycles. The average Bonchev–Trinajstić information content (AvgIpc) is 2.54. The van der Waals surface area contributed by atoms with Gasteiger partial charge in [-0.3, -0.25) is 0 Å². The summed E-state index contributed by atoms with van der Waals surface area (Å²) >= 11 is 3.12. The molecule has 22 heavy (non-hydrogen) atoms. The van der Waals surface area contributed by atoms with Gasteiger partial charge >= 0.3 is 0 Å². The minimum absolute atomic E-state index is 0.622. The van der Waals surface area contributed by atoms with E-state index in [-0.39, 0.29) is 0 Å². The lowest BCUT2D eigenvalue weighted by atomic mass is 10.2. The topological polar surface area (TPSA) is 47.6 Å². The fraction of sp³-hybridized carbons (Fsp3) is 0.778. The first kappa shape index (κ1) is 21.4. The zero-order valence-corrected chi connectivity index (χ0v) is 15.8. The third-order valence-electron chi connectivity index (χ3n) is 3.40. The van der Waals surface area contributed by atoms with Crippen LogP contribution in [0.25, 0.3) is 0 Å². The summed E-state index contributed by atoms with van der Waals surface area (Å²) < 4.78 is 0. The van der Waals surface area contributed by atoms with Gasteiger partial charge in [-0.2, -0.15) is 10.5 Å². The Morgan fingerprint density at radius 1 is 0.636 bits per heavy atom. The van der Waals surface area contributed by atoms with E-state index in [4.69, 9.17) is 0 Å². The predicted molar refractivity (Wildman–Crippen MR) is 101 cm³/mol. The monoisotopic (exact) mass is 338 g/mol. The van der Waals surface area contributed by atoms with Crippen LogP contribution >= 0.6 is 23.5 Å². The summed E-state index contributed by atoms with van der Waals surface area (Å²) in [5.41, 5.74) is 0. The number of thioether (sulfide) groups is 2. The van der Waals surface area contributed by atoms with Gasteiger partial charge < -0.3 is 0 Å². The summed E-state index contributed by atoms with van der Waals surface area (Å²) in [6.07, 6.45) is 12.4. The Morgan fingerprint density at radius 3 is 1.32 bits per heavy atom. The number of unbranched alkanes of at least 4 members (excludes halogenated alkanes) is 8. The first-order chi connectivity index (χ1) is 10.8. The molecule has 2 nitrogen and oxygen atoms in total. The molecule has 0 N–H and O–H groups in total. The predicted octanol–water partition coefficient (Wildman–Crippen LogP) is 6.65. The molecule has 0 aliphatic heterocycles. The zero-order valence-electron chi connectivity index (χ0n) is 14.2. The number of rotatable bonds is 14. The Kier molecular flexibility index (Phi) is 16.3. The molecule has 0 aliphatic carbocycles. The third-order valence-corrected chi connectivity index (χ3v) is 5.68. The molecule has 0 bridgehead atoms. The van der Waals surface area contributed by atoms with Crippen LogP contribution in [0.2, 0.25) is 0 Å². The van der Waals surface area contributed by atoms with Gasteiger partial charge in [0.25, 0.3) is 0 Å². The van der Waals surface area contributed by atoms with Gasteiger partial charge in [0.2, 0.25) is 0 Å². The molecule has 0 rings (SSSR count). The van der Waals surface area contributed by atoms with Crippen LogP contribution < -0.4 is 0 Å². The number of hydrogen-bond donors (Lipinski definition) is 0. The van der Waals surface area contributed by atoms with Crippen molar-refractivity contribution in [1.29, 1.82) is 10.5 Å². The summed E-state index contributed by atoms with van der Waals surface area (Å²) in [4.78, 5) is 1.24. The number of nitrogens with zero attached hydrogens (tertiary/aromatic N) is 2. The van der Waals surface area contributed by atoms with Crippen molar-refractivity contribution in [3.05, 3.63) is 9.81 Å². The molecule has 0 radical (unpaired) electrons. The van der Waals surface area contributed by atoms with E-state index in [0.29, 0.717) is 9.81 Å². The van der Waals surface area contributed by atoms with Crippen LogP contribution in [0.1, 0.15) is 78.1 Å². The normalized spacial score (nSPS) is 11.6. The standard InChI is InChI=1S/C18H30N2S2/c1-3-5-7-9-11-13-21-17(15-19)18(16-20)22-14-12-10-8-6-4-2/h3-14H2,1-2H3/b18-17-. The fourth-order valence-corrected chi connectivity index (χ4v) is 4.00. The number of allylic oxidation sites excluding steroid dienone is 2. The Bertz CT molecular complexity index is 342. The summed E-state index contributed by atoms with van der Waals surface area (Å²) in [6, 6.07) is 4.43. The molecular weight excluding hydrogens is 308 g/mol. The highest BCUT2D eigenvalue weighted by Crippen LogP contribution is 2.28. The smallest absolute Gasteiger partial charge is 0.109 e. The highest BCUT2D eigenvalue weighted by atomic mass is 32.2. The highest BCUT2D eigenvalue weighted by Gasteiger charge is 2.07. The van der Waals surface area contributed by atoms with E-state index in [1.807, 2.05) is 0 Å². The molecule has 0 spiro atoms. The zero-order chi connectivity index (χ0) is 16.5. The number of nitriles is 2. The van der Waals surface area contributed by atoms with E-state index in [1.54, 1.807) is 23.5 Å². The van der Waals surface area contributed by atoms with Crippen LogP contribution in [-0.2, 0) is 0 Å². The molecule has 124 valence electrons. The number of hydrogen-bond acceptors (Lipinski definition) is 4. The molecule has 0 aromatic rings. The second-order valence-electron chi connectivity index (χ2n) is 5.41. The van der Waals surface area contributed by atoms with Crippen molar-refractivity contribution in [2.45, 2.75) is 78.1 Å². The summed E-state index contributed by atoms with van der Waals surface area (Å²) in [6.45, 7) is 4.42. The summed E-state index contributed by atoms with van der Waals surface area (Å²) in [5, 5.41) is 18.5. The molecule has 0 aromatic heterocycles. The second-order valence-corrected chi connectivity index (χ2v) is 7.62. The molecule has 0 aromatic carbocycles.